The van der Waals surface area contributed by atoms with Gasteiger partial charge in [0, 0.05) is 32.2 Å². The first-order chi connectivity index (χ1) is 10.6. The van der Waals surface area contributed by atoms with E-state index in [1.54, 1.807) is 0 Å². The molecule has 1 unspecified atom stereocenters. The fourth-order valence-electron chi connectivity index (χ4n) is 3.45. The van der Waals surface area contributed by atoms with Crippen molar-refractivity contribution >= 4 is 5.97 Å². The highest BCUT2D eigenvalue weighted by molar-refractivity contribution is 5.72. The molecule has 0 aromatic carbocycles. The summed E-state index contributed by atoms with van der Waals surface area (Å²) in [6.45, 7) is 5.39. The van der Waals surface area contributed by atoms with Crippen LogP contribution < -0.4 is 5.84 Å². The molecule has 6 nitrogen and oxygen atoms in total. The lowest BCUT2D eigenvalue weighted by Gasteiger charge is -2.40. The van der Waals surface area contributed by atoms with E-state index in [4.69, 9.17) is 10.6 Å². The van der Waals surface area contributed by atoms with Crippen LogP contribution in [0.15, 0.2) is 0 Å². The van der Waals surface area contributed by atoms with Crippen molar-refractivity contribution in [2.24, 2.45) is 11.8 Å². The minimum Gasteiger partial charge on any atom is -0.465 e. The van der Waals surface area contributed by atoms with Crippen molar-refractivity contribution in [3.8, 4) is 0 Å². The van der Waals surface area contributed by atoms with Crippen LogP contribution in [0.5, 0.6) is 0 Å². The fraction of sp³-hybridized carbons (Fsp3) is 0.938. The molecule has 22 heavy (non-hydrogen) atoms. The van der Waals surface area contributed by atoms with Gasteiger partial charge < -0.3 is 9.64 Å². The molecule has 0 amide bonds. The number of esters is 1. The number of carbonyl (C=O) groups excluding carboxylic acids is 1. The number of likely N-dealkylation sites (tertiary alicyclic amines) is 1. The zero-order chi connectivity index (χ0) is 15.9. The summed E-state index contributed by atoms with van der Waals surface area (Å²) in [5.74, 6) is 5.89. The van der Waals surface area contributed by atoms with Crippen molar-refractivity contribution in [1.29, 1.82) is 0 Å². The van der Waals surface area contributed by atoms with Gasteiger partial charge in [-0.15, -0.1) is 0 Å². The maximum absolute atomic E-state index is 12.2. The number of nitrogens with zero attached hydrogens (tertiary/aromatic N) is 3. The Labute approximate surface area is 134 Å². The molecule has 0 aromatic rings. The van der Waals surface area contributed by atoms with E-state index < -0.39 is 0 Å². The standard InChI is InChI=1S/C16H32N4O2/c1-18(2)8-4-12-22-16(21)14-5-3-9-19(13-14)15-6-10-20(17)11-7-15/h14-15H,3-13,17H2,1-2H3. The summed E-state index contributed by atoms with van der Waals surface area (Å²) in [6, 6.07) is 0.587. The fourth-order valence-corrected chi connectivity index (χ4v) is 3.45. The van der Waals surface area contributed by atoms with Crippen LogP contribution in [-0.4, -0.2) is 80.2 Å². The van der Waals surface area contributed by atoms with Crippen molar-refractivity contribution < 1.29 is 9.53 Å². The number of carbonyl (C=O) groups is 1. The molecule has 0 bridgehead atoms. The van der Waals surface area contributed by atoms with Gasteiger partial charge in [0.25, 0.3) is 0 Å². The second-order valence-electron chi connectivity index (χ2n) is 6.93. The lowest BCUT2D eigenvalue weighted by Crippen LogP contribution is -2.51. The Morgan fingerprint density at radius 3 is 2.64 bits per heavy atom. The number of rotatable bonds is 6. The van der Waals surface area contributed by atoms with Gasteiger partial charge in [0.05, 0.1) is 12.5 Å². The van der Waals surface area contributed by atoms with E-state index in [0.717, 1.165) is 64.8 Å². The normalized spacial score (nSPS) is 25.5. The quantitative estimate of drug-likeness (QED) is 0.439. The van der Waals surface area contributed by atoms with Gasteiger partial charge in [-0.1, -0.05) is 0 Å². The van der Waals surface area contributed by atoms with Crippen molar-refractivity contribution in [3.05, 3.63) is 0 Å². The molecule has 128 valence electrons. The molecule has 0 radical (unpaired) electrons. The predicted molar refractivity (Wildman–Crippen MR) is 87.2 cm³/mol. The number of nitrogens with two attached hydrogens (primary N) is 1. The highest BCUT2D eigenvalue weighted by Gasteiger charge is 2.31. The molecular weight excluding hydrogens is 280 g/mol. The number of hydrazine groups is 1. The Balaban J connectivity index is 1.71. The van der Waals surface area contributed by atoms with Crippen molar-refractivity contribution in [2.45, 2.75) is 38.1 Å². The molecule has 2 aliphatic heterocycles. The van der Waals surface area contributed by atoms with Crippen LogP contribution in [-0.2, 0) is 9.53 Å². The lowest BCUT2D eigenvalue weighted by atomic mass is 9.94. The Morgan fingerprint density at radius 2 is 1.95 bits per heavy atom. The summed E-state index contributed by atoms with van der Waals surface area (Å²) >= 11 is 0. The average molecular weight is 312 g/mol. The molecule has 2 saturated heterocycles. The van der Waals surface area contributed by atoms with Gasteiger partial charge in [0.15, 0.2) is 0 Å². The van der Waals surface area contributed by atoms with Crippen LogP contribution in [0.1, 0.15) is 32.1 Å². The second kappa shape index (κ2) is 8.82. The third-order valence-corrected chi connectivity index (χ3v) is 4.80. The Morgan fingerprint density at radius 1 is 1.23 bits per heavy atom. The van der Waals surface area contributed by atoms with Crippen LogP contribution in [0.25, 0.3) is 0 Å². The molecule has 2 rings (SSSR count). The topological polar surface area (TPSA) is 62.0 Å². The van der Waals surface area contributed by atoms with Gasteiger partial charge in [-0.2, -0.15) is 0 Å². The van der Waals surface area contributed by atoms with Crippen LogP contribution >= 0.6 is 0 Å². The van der Waals surface area contributed by atoms with Gasteiger partial charge >= 0.3 is 5.97 Å². The second-order valence-corrected chi connectivity index (χ2v) is 6.93. The molecule has 0 aromatic heterocycles. The molecule has 2 aliphatic rings. The molecule has 2 fully saturated rings. The largest absolute Gasteiger partial charge is 0.465 e. The van der Waals surface area contributed by atoms with Gasteiger partial charge in [-0.05, 0) is 52.7 Å². The number of piperidine rings is 2. The number of ether oxygens (including phenoxy) is 1. The highest BCUT2D eigenvalue weighted by Crippen LogP contribution is 2.24. The average Bonchev–Trinajstić information content (AvgIpc) is 2.52. The number of hydrogen-bond acceptors (Lipinski definition) is 6. The highest BCUT2D eigenvalue weighted by atomic mass is 16.5. The molecule has 0 spiro atoms. The van der Waals surface area contributed by atoms with E-state index in [-0.39, 0.29) is 11.9 Å². The summed E-state index contributed by atoms with van der Waals surface area (Å²) in [5.41, 5.74) is 0. The van der Waals surface area contributed by atoms with Gasteiger partial charge in [-0.25, -0.2) is 5.01 Å². The predicted octanol–water partition coefficient (Wildman–Crippen LogP) is 0.531. The van der Waals surface area contributed by atoms with Crippen LogP contribution in [0.4, 0.5) is 0 Å². The van der Waals surface area contributed by atoms with Crippen molar-refractivity contribution in [2.75, 3.05) is 53.4 Å². The monoisotopic (exact) mass is 312 g/mol. The van der Waals surface area contributed by atoms with Gasteiger partial charge in [-0.3, -0.25) is 15.5 Å². The summed E-state index contributed by atoms with van der Waals surface area (Å²) in [7, 11) is 4.07. The van der Waals surface area contributed by atoms with E-state index in [1.165, 1.54) is 0 Å². The summed E-state index contributed by atoms with van der Waals surface area (Å²) in [4.78, 5) is 16.8. The Bertz CT molecular complexity index is 343. The zero-order valence-electron chi connectivity index (χ0n) is 14.2. The molecule has 1 atom stereocenters. The first-order valence-electron chi connectivity index (χ1n) is 8.61. The molecule has 0 saturated carbocycles. The third kappa shape index (κ3) is 5.50. The summed E-state index contributed by atoms with van der Waals surface area (Å²) in [5, 5.41) is 1.90. The van der Waals surface area contributed by atoms with E-state index in [1.807, 2.05) is 19.1 Å². The first kappa shape index (κ1) is 17.7. The summed E-state index contributed by atoms with van der Waals surface area (Å²) in [6.07, 6.45) is 5.20. The molecule has 2 heterocycles. The third-order valence-electron chi connectivity index (χ3n) is 4.80. The van der Waals surface area contributed by atoms with Crippen LogP contribution in [0, 0.1) is 5.92 Å². The smallest absolute Gasteiger partial charge is 0.310 e. The lowest BCUT2D eigenvalue weighted by molar-refractivity contribution is -0.151. The maximum atomic E-state index is 12.2. The molecular formula is C16H32N4O2. The van der Waals surface area contributed by atoms with Crippen molar-refractivity contribution in [1.82, 2.24) is 14.8 Å². The first-order valence-corrected chi connectivity index (χ1v) is 8.61. The van der Waals surface area contributed by atoms with Gasteiger partial charge in [0.1, 0.15) is 0 Å². The zero-order valence-corrected chi connectivity index (χ0v) is 14.2. The molecule has 0 aliphatic carbocycles. The van der Waals surface area contributed by atoms with E-state index in [0.29, 0.717) is 12.6 Å². The van der Waals surface area contributed by atoms with Crippen LogP contribution in [0.3, 0.4) is 0 Å². The van der Waals surface area contributed by atoms with E-state index >= 15 is 0 Å². The number of hydrogen-bond donors (Lipinski definition) is 1. The Hall–Kier alpha value is -0.690. The molecule has 2 N–H and O–H groups in total. The minimum absolute atomic E-state index is 0.000262. The van der Waals surface area contributed by atoms with E-state index in [9.17, 15) is 4.79 Å². The maximum Gasteiger partial charge on any atom is 0.310 e. The minimum atomic E-state index is -0.000262. The van der Waals surface area contributed by atoms with Gasteiger partial charge in [0.2, 0.25) is 0 Å². The SMILES string of the molecule is CN(C)CCCOC(=O)C1CCCN(C2CCN(N)CC2)C1. The van der Waals surface area contributed by atoms with E-state index in [2.05, 4.69) is 9.80 Å². The summed E-state index contributed by atoms with van der Waals surface area (Å²) < 4.78 is 5.46. The van der Waals surface area contributed by atoms with Crippen molar-refractivity contribution in [3.63, 3.8) is 0 Å². The Kier molecular flexibility index (Phi) is 7.08. The molecule has 6 heteroatoms. The van der Waals surface area contributed by atoms with Crippen LogP contribution in [0.2, 0.25) is 0 Å².